The summed E-state index contributed by atoms with van der Waals surface area (Å²) in [7, 11) is 5.04. The second-order valence-electron chi connectivity index (χ2n) is 7.24. The number of ether oxygens (including phenoxy) is 3. The number of hydrogen-bond acceptors (Lipinski definition) is 4. The van der Waals surface area contributed by atoms with Crippen LogP contribution in [0.2, 0.25) is 0 Å². The molecule has 2 aromatic carbocycles. The molecule has 0 saturated heterocycles. The maximum atomic E-state index is 11.4. The van der Waals surface area contributed by atoms with Gasteiger partial charge in [-0.05, 0) is 54.5 Å². The molecule has 4 rings (SSSR count). The first-order valence-corrected chi connectivity index (χ1v) is 9.26. The Morgan fingerprint density at radius 2 is 1.46 bits per heavy atom. The Morgan fingerprint density at radius 3 is 2.08 bits per heavy atom. The molecule has 0 aromatic heterocycles. The summed E-state index contributed by atoms with van der Waals surface area (Å²) in [6.07, 6.45) is 2.82. The van der Waals surface area contributed by atoms with Crippen LogP contribution in [0.3, 0.4) is 0 Å². The van der Waals surface area contributed by atoms with Crippen LogP contribution < -0.4 is 14.2 Å². The highest BCUT2D eigenvalue weighted by molar-refractivity contribution is 5.55. The number of aliphatic hydroxyl groups is 1. The van der Waals surface area contributed by atoms with Crippen LogP contribution in [0.15, 0.2) is 36.4 Å². The van der Waals surface area contributed by atoms with Crippen molar-refractivity contribution in [2.24, 2.45) is 5.92 Å². The van der Waals surface area contributed by atoms with Crippen LogP contribution in [0.1, 0.15) is 53.9 Å². The first-order chi connectivity index (χ1) is 12.7. The van der Waals surface area contributed by atoms with Gasteiger partial charge in [-0.25, -0.2) is 0 Å². The van der Waals surface area contributed by atoms with Crippen LogP contribution >= 0.6 is 0 Å². The summed E-state index contributed by atoms with van der Waals surface area (Å²) in [6.45, 7) is 0. The van der Waals surface area contributed by atoms with Crippen molar-refractivity contribution in [3.05, 3.63) is 53.1 Å². The van der Waals surface area contributed by atoms with Crippen LogP contribution in [-0.2, 0) is 0 Å². The van der Waals surface area contributed by atoms with Crippen LogP contribution in [0.4, 0.5) is 0 Å². The predicted molar refractivity (Wildman–Crippen MR) is 100 cm³/mol. The van der Waals surface area contributed by atoms with Crippen molar-refractivity contribution in [1.29, 1.82) is 0 Å². The number of hydrogen-bond donors (Lipinski definition) is 1. The van der Waals surface area contributed by atoms with Gasteiger partial charge in [0.2, 0.25) is 0 Å². The Balaban J connectivity index is 1.86. The normalized spacial score (nSPS) is 26.8. The summed E-state index contributed by atoms with van der Waals surface area (Å²) in [6, 6.07) is 12.0. The fourth-order valence-electron chi connectivity index (χ4n) is 5.09. The van der Waals surface area contributed by atoms with E-state index in [9.17, 15) is 5.11 Å². The minimum atomic E-state index is -0.609. The van der Waals surface area contributed by atoms with Crippen LogP contribution in [0.5, 0.6) is 17.2 Å². The highest BCUT2D eigenvalue weighted by atomic mass is 16.5. The highest BCUT2D eigenvalue weighted by Gasteiger charge is 2.47. The zero-order valence-corrected chi connectivity index (χ0v) is 15.6. The topological polar surface area (TPSA) is 47.9 Å². The smallest absolute Gasteiger partial charge is 0.125 e. The lowest BCUT2D eigenvalue weighted by molar-refractivity contribution is 0.0931. The molecule has 2 unspecified atom stereocenters. The largest absolute Gasteiger partial charge is 0.497 e. The van der Waals surface area contributed by atoms with Gasteiger partial charge in [-0.1, -0.05) is 18.6 Å². The lowest BCUT2D eigenvalue weighted by Gasteiger charge is -2.41. The van der Waals surface area contributed by atoms with Crippen LogP contribution in [-0.4, -0.2) is 26.4 Å². The molecule has 2 aromatic rings. The maximum absolute atomic E-state index is 11.4. The van der Waals surface area contributed by atoms with Crippen molar-refractivity contribution in [3.63, 3.8) is 0 Å². The average molecular weight is 354 g/mol. The van der Waals surface area contributed by atoms with E-state index in [1.54, 1.807) is 21.3 Å². The molecule has 1 fully saturated rings. The molecule has 0 heterocycles. The summed E-state index contributed by atoms with van der Waals surface area (Å²) < 4.78 is 16.6. The Labute approximate surface area is 154 Å². The van der Waals surface area contributed by atoms with Gasteiger partial charge >= 0.3 is 0 Å². The van der Waals surface area contributed by atoms with E-state index in [-0.39, 0.29) is 5.92 Å². The molecule has 2 aliphatic rings. The van der Waals surface area contributed by atoms with E-state index < -0.39 is 6.10 Å². The van der Waals surface area contributed by atoms with Crippen molar-refractivity contribution >= 4 is 0 Å². The van der Waals surface area contributed by atoms with Crippen molar-refractivity contribution in [2.45, 2.75) is 37.2 Å². The van der Waals surface area contributed by atoms with E-state index in [0.717, 1.165) is 46.8 Å². The zero-order chi connectivity index (χ0) is 18.3. The molecule has 1 saturated carbocycles. The van der Waals surface area contributed by atoms with Crippen LogP contribution in [0.25, 0.3) is 0 Å². The van der Waals surface area contributed by atoms with Gasteiger partial charge < -0.3 is 19.3 Å². The number of benzene rings is 2. The Bertz CT molecular complexity index is 783. The summed E-state index contributed by atoms with van der Waals surface area (Å²) >= 11 is 0. The number of methoxy groups -OCH3 is 3. The summed E-state index contributed by atoms with van der Waals surface area (Å²) in [5.41, 5.74) is 3.20. The van der Waals surface area contributed by atoms with Gasteiger partial charge in [0.05, 0.1) is 27.4 Å². The monoisotopic (exact) mass is 354 g/mol. The van der Waals surface area contributed by atoms with E-state index in [1.807, 2.05) is 24.3 Å². The van der Waals surface area contributed by atoms with Gasteiger partial charge in [0.1, 0.15) is 17.2 Å². The van der Waals surface area contributed by atoms with E-state index in [4.69, 9.17) is 14.2 Å². The van der Waals surface area contributed by atoms with E-state index in [0.29, 0.717) is 11.8 Å². The highest BCUT2D eigenvalue weighted by Crippen LogP contribution is 2.60. The van der Waals surface area contributed by atoms with Crippen molar-refractivity contribution in [1.82, 2.24) is 0 Å². The average Bonchev–Trinajstić information content (AvgIpc) is 3.16. The summed E-state index contributed by atoms with van der Waals surface area (Å²) in [5, 5.41) is 11.4. The van der Waals surface area contributed by atoms with Gasteiger partial charge in [0, 0.05) is 17.0 Å². The van der Waals surface area contributed by atoms with Crippen molar-refractivity contribution < 1.29 is 19.3 Å². The fraction of sp³-hybridized carbons (Fsp3) is 0.455. The molecule has 0 amide bonds. The fourth-order valence-corrected chi connectivity index (χ4v) is 5.09. The van der Waals surface area contributed by atoms with Crippen molar-refractivity contribution in [2.75, 3.05) is 21.3 Å². The molecule has 0 spiro atoms. The molecule has 138 valence electrons. The number of rotatable bonds is 4. The summed E-state index contributed by atoms with van der Waals surface area (Å²) in [5.74, 6) is 3.31. The van der Waals surface area contributed by atoms with Gasteiger partial charge in [-0.2, -0.15) is 0 Å². The van der Waals surface area contributed by atoms with Gasteiger partial charge in [-0.15, -0.1) is 0 Å². The predicted octanol–water partition coefficient (Wildman–Crippen LogP) is 4.43. The first kappa shape index (κ1) is 17.2. The SMILES string of the molecule is COc1ccc(C2C(O)c3c(OC)ccc(OC)c3[C@@H]3CCC[C@H]23)cc1. The lowest BCUT2D eigenvalue weighted by Crippen LogP contribution is -2.30. The third-order valence-electron chi connectivity index (χ3n) is 6.19. The van der Waals surface area contributed by atoms with Crippen molar-refractivity contribution in [3.8, 4) is 17.2 Å². The number of fused-ring (bicyclic) bond motifs is 3. The van der Waals surface area contributed by atoms with Gasteiger partial charge in [0.25, 0.3) is 0 Å². The third kappa shape index (κ3) is 2.55. The van der Waals surface area contributed by atoms with Crippen LogP contribution in [0, 0.1) is 5.92 Å². The molecule has 4 nitrogen and oxygen atoms in total. The third-order valence-corrected chi connectivity index (χ3v) is 6.19. The minimum absolute atomic E-state index is 0.0573. The molecule has 26 heavy (non-hydrogen) atoms. The lowest BCUT2D eigenvalue weighted by atomic mass is 9.66. The quantitative estimate of drug-likeness (QED) is 0.882. The summed E-state index contributed by atoms with van der Waals surface area (Å²) in [4.78, 5) is 0. The van der Waals surface area contributed by atoms with E-state index >= 15 is 0 Å². The zero-order valence-electron chi connectivity index (χ0n) is 15.6. The van der Waals surface area contributed by atoms with E-state index in [1.165, 1.54) is 6.42 Å². The van der Waals surface area contributed by atoms with E-state index in [2.05, 4.69) is 12.1 Å². The molecular weight excluding hydrogens is 328 g/mol. The molecule has 4 atom stereocenters. The molecule has 2 aliphatic carbocycles. The standard InChI is InChI=1S/C22H26O4/c1-24-14-9-7-13(8-10-14)19-15-5-4-6-16(15)20-17(25-2)11-12-18(26-3)21(20)22(19)23/h7-12,15-16,19,22-23H,4-6H2,1-3H3/t15-,16+,19?,22?/m0/s1. The Hall–Kier alpha value is -2.20. The Morgan fingerprint density at radius 1 is 0.808 bits per heavy atom. The number of aliphatic hydroxyl groups excluding tert-OH is 1. The van der Waals surface area contributed by atoms with Gasteiger partial charge in [0.15, 0.2) is 0 Å². The van der Waals surface area contributed by atoms with Gasteiger partial charge in [-0.3, -0.25) is 0 Å². The first-order valence-electron chi connectivity index (χ1n) is 9.26. The molecule has 0 aliphatic heterocycles. The molecule has 0 bridgehead atoms. The second kappa shape index (κ2) is 6.84. The molecular formula is C22H26O4. The Kier molecular flexibility index (Phi) is 4.53. The molecule has 4 heteroatoms. The minimum Gasteiger partial charge on any atom is -0.497 e. The molecule has 0 radical (unpaired) electrons. The molecule has 1 N–H and O–H groups in total. The second-order valence-corrected chi connectivity index (χ2v) is 7.24. The maximum Gasteiger partial charge on any atom is 0.125 e.